The van der Waals surface area contributed by atoms with Crippen molar-refractivity contribution in [3.05, 3.63) is 47.7 Å². The molecule has 3 rings (SSSR count). The SMILES string of the molecule is COCc1cc(OC(C)(C)F)ccc1-c1cn2c(C(F)(F)P)nc(C#N)c2cn1. The number of rotatable bonds is 6. The summed E-state index contributed by atoms with van der Waals surface area (Å²) in [7, 11) is 2.91. The summed E-state index contributed by atoms with van der Waals surface area (Å²) in [6.07, 6.45) is 2.69. The number of nitrogens with zero attached hydrogens (tertiary/aromatic N) is 4. The summed E-state index contributed by atoms with van der Waals surface area (Å²) >= 11 is 0. The maximum absolute atomic E-state index is 14.0. The van der Waals surface area contributed by atoms with Crippen LogP contribution in [0.15, 0.2) is 30.6 Å². The Morgan fingerprint density at radius 1 is 1.28 bits per heavy atom. The minimum absolute atomic E-state index is 0.146. The van der Waals surface area contributed by atoms with Gasteiger partial charge in [-0.3, -0.25) is 9.38 Å². The summed E-state index contributed by atoms with van der Waals surface area (Å²) < 4.78 is 53.3. The van der Waals surface area contributed by atoms with Crippen molar-refractivity contribution in [2.45, 2.75) is 32.0 Å². The van der Waals surface area contributed by atoms with Crippen LogP contribution >= 0.6 is 9.24 Å². The Bertz CT molecular complexity index is 1100. The van der Waals surface area contributed by atoms with Gasteiger partial charge in [0.25, 0.3) is 0 Å². The van der Waals surface area contributed by atoms with Crippen LogP contribution in [0.4, 0.5) is 13.2 Å². The third kappa shape index (κ3) is 4.50. The molecule has 10 heteroatoms. The van der Waals surface area contributed by atoms with E-state index in [1.165, 1.54) is 42.6 Å². The molecule has 0 aliphatic rings. The van der Waals surface area contributed by atoms with Gasteiger partial charge < -0.3 is 9.47 Å². The number of aromatic nitrogens is 3. The van der Waals surface area contributed by atoms with E-state index in [1.54, 1.807) is 24.3 Å². The molecule has 0 amide bonds. The Morgan fingerprint density at radius 3 is 2.59 bits per heavy atom. The first kappa shape index (κ1) is 21.0. The summed E-state index contributed by atoms with van der Waals surface area (Å²) in [5.74, 6) is -2.17. The molecule has 0 fully saturated rings. The Labute approximate surface area is 167 Å². The summed E-state index contributed by atoms with van der Waals surface area (Å²) in [5.41, 5.74) is -1.75. The van der Waals surface area contributed by atoms with Crippen LogP contribution in [-0.4, -0.2) is 27.3 Å². The number of fused-ring (bicyclic) bond motifs is 1. The molecule has 0 N–H and O–H groups in total. The number of methoxy groups -OCH3 is 1. The van der Waals surface area contributed by atoms with Crippen LogP contribution in [0.5, 0.6) is 5.75 Å². The minimum atomic E-state index is -3.34. The van der Waals surface area contributed by atoms with Gasteiger partial charge in [-0.15, -0.1) is 0 Å². The Kier molecular flexibility index (Phi) is 5.52. The van der Waals surface area contributed by atoms with Crippen LogP contribution in [0.3, 0.4) is 0 Å². The smallest absolute Gasteiger partial charge is 0.315 e. The number of nitriles is 1. The molecular formula is C19H18F3N4O2P. The van der Waals surface area contributed by atoms with Gasteiger partial charge >= 0.3 is 5.66 Å². The molecule has 0 bridgehead atoms. The Balaban J connectivity index is 2.16. The number of benzene rings is 1. The summed E-state index contributed by atoms with van der Waals surface area (Å²) in [6, 6.07) is 6.60. The van der Waals surface area contributed by atoms with E-state index in [-0.39, 0.29) is 17.8 Å². The van der Waals surface area contributed by atoms with Gasteiger partial charge in [-0.05, 0) is 23.8 Å². The van der Waals surface area contributed by atoms with Crippen LogP contribution in [0.1, 0.15) is 30.9 Å². The minimum Gasteiger partial charge on any atom is -0.459 e. The number of halogens is 3. The van der Waals surface area contributed by atoms with E-state index in [4.69, 9.17) is 9.47 Å². The van der Waals surface area contributed by atoms with Crippen molar-refractivity contribution in [1.82, 2.24) is 14.4 Å². The zero-order valence-corrected chi connectivity index (χ0v) is 17.1. The zero-order valence-electron chi connectivity index (χ0n) is 15.9. The van der Waals surface area contributed by atoms with E-state index in [2.05, 4.69) is 9.97 Å². The second-order valence-electron chi connectivity index (χ2n) is 6.76. The van der Waals surface area contributed by atoms with Crippen molar-refractivity contribution >= 4 is 14.8 Å². The number of hydrogen-bond donors (Lipinski definition) is 0. The second-order valence-corrected chi connectivity index (χ2v) is 7.49. The maximum atomic E-state index is 14.0. The van der Waals surface area contributed by atoms with Gasteiger partial charge in [0.15, 0.2) is 11.5 Å². The average Bonchev–Trinajstić information content (AvgIpc) is 2.99. The lowest BCUT2D eigenvalue weighted by Crippen LogP contribution is -2.21. The lowest BCUT2D eigenvalue weighted by atomic mass is 10.0. The number of alkyl halides is 3. The molecule has 0 aliphatic carbocycles. The fraction of sp³-hybridized carbons (Fsp3) is 0.316. The molecule has 0 aliphatic heterocycles. The molecule has 0 radical (unpaired) electrons. The van der Waals surface area contributed by atoms with E-state index >= 15 is 0 Å². The van der Waals surface area contributed by atoms with Crippen molar-refractivity contribution in [3.8, 4) is 23.1 Å². The van der Waals surface area contributed by atoms with E-state index < -0.39 is 17.3 Å². The van der Waals surface area contributed by atoms with E-state index in [9.17, 15) is 18.4 Å². The normalized spacial score (nSPS) is 12.2. The highest BCUT2D eigenvalue weighted by Gasteiger charge is 2.32. The third-order valence-corrected chi connectivity index (χ3v) is 4.20. The van der Waals surface area contributed by atoms with Crippen LogP contribution in [-0.2, 0) is 17.0 Å². The topological polar surface area (TPSA) is 72.4 Å². The highest BCUT2D eigenvalue weighted by molar-refractivity contribution is 7.17. The fourth-order valence-electron chi connectivity index (χ4n) is 2.88. The lowest BCUT2D eigenvalue weighted by molar-refractivity contribution is -0.0258. The maximum Gasteiger partial charge on any atom is 0.315 e. The highest BCUT2D eigenvalue weighted by atomic mass is 31.0. The molecule has 0 spiro atoms. The van der Waals surface area contributed by atoms with Crippen LogP contribution in [0.25, 0.3) is 16.8 Å². The molecule has 6 nitrogen and oxygen atoms in total. The van der Waals surface area contributed by atoms with Crippen molar-refractivity contribution in [1.29, 1.82) is 5.26 Å². The van der Waals surface area contributed by atoms with E-state index in [0.29, 0.717) is 22.6 Å². The molecule has 1 unspecified atom stereocenters. The quantitative estimate of drug-likeness (QED) is 0.550. The van der Waals surface area contributed by atoms with Gasteiger partial charge in [0, 0.05) is 32.7 Å². The molecule has 0 saturated carbocycles. The second kappa shape index (κ2) is 7.62. The van der Waals surface area contributed by atoms with Crippen molar-refractivity contribution < 1.29 is 22.6 Å². The van der Waals surface area contributed by atoms with E-state index in [0.717, 1.165) is 4.40 Å². The molecule has 3 aromatic rings. The van der Waals surface area contributed by atoms with Gasteiger partial charge in [-0.2, -0.15) is 18.4 Å². The molecule has 152 valence electrons. The first-order chi connectivity index (χ1) is 13.5. The highest BCUT2D eigenvalue weighted by Crippen LogP contribution is 2.36. The summed E-state index contributed by atoms with van der Waals surface area (Å²) in [5, 5.41) is 9.17. The molecule has 29 heavy (non-hydrogen) atoms. The van der Waals surface area contributed by atoms with Crippen molar-refractivity contribution in [2.24, 2.45) is 0 Å². The third-order valence-electron chi connectivity index (χ3n) is 3.94. The molecule has 1 aromatic carbocycles. The van der Waals surface area contributed by atoms with Crippen molar-refractivity contribution in [2.75, 3.05) is 7.11 Å². The molecular weight excluding hydrogens is 404 g/mol. The molecule has 2 heterocycles. The zero-order chi connectivity index (χ0) is 21.4. The van der Waals surface area contributed by atoms with Gasteiger partial charge in [-0.25, -0.2) is 4.98 Å². The van der Waals surface area contributed by atoms with Gasteiger partial charge in [0.1, 0.15) is 17.3 Å². The predicted molar refractivity (Wildman–Crippen MR) is 103 cm³/mol. The lowest BCUT2D eigenvalue weighted by Gasteiger charge is -2.19. The number of imidazole rings is 1. The number of ether oxygens (including phenoxy) is 2. The van der Waals surface area contributed by atoms with Gasteiger partial charge in [0.05, 0.1) is 18.5 Å². The first-order valence-corrected chi connectivity index (χ1v) is 9.07. The van der Waals surface area contributed by atoms with Gasteiger partial charge in [-0.1, -0.05) is 9.24 Å². The summed E-state index contributed by atoms with van der Waals surface area (Å²) in [4.78, 5) is 8.03. The monoisotopic (exact) mass is 422 g/mol. The number of hydrogen-bond acceptors (Lipinski definition) is 5. The average molecular weight is 422 g/mol. The molecule has 1 atom stereocenters. The Morgan fingerprint density at radius 2 is 2.00 bits per heavy atom. The summed E-state index contributed by atoms with van der Waals surface area (Å²) in [6.45, 7) is 2.73. The van der Waals surface area contributed by atoms with Crippen molar-refractivity contribution in [3.63, 3.8) is 0 Å². The van der Waals surface area contributed by atoms with Crippen LogP contribution in [0.2, 0.25) is 0 Å². The standard InChI is InChI=1S/C19H18F3N4O2P/c1-18(2,20)28-12-4-5-13(11(6-12)10-27-3)15-9-26-16(8-24-15)14(7-23)25-17(26)19(21,22)29/h4-6,8-9H,10,29H2,1-3H3. The molecule has 0 saturated heterocycles. The predicted octanol–water partition coefficient (Wildman–Crippen LogP) is 4.42. The van der Waals surface area contributed by atoms with Gasteiger partial charge in [0.2, 0.25) is 5.85 Å². The first-order valence-electron chi connectivity index (χ1n) is 8.49. The largest absolute Gasteiger partial charge is 0.459 e. The van der Waals surface area contributed by atoms with Crippen LogP contribution in [0, 0.1) is 11.3 Å². The fourth-order valence-corrected chi connectivity index (χ4v) is 3.08. The van der Waals surface area contributed by atoms with E-state index in [1.807, 2.05) is 0 Å². The molecule has 2 aromatic heterocycles. The van der Waals surface area contributed by atoms with Crippen LogP contribution < -0.4 is 4.74 Å². The Hall–Kier alpha value is -2.69.